The topological polar surface area (TPSA) is 131 Å². The SMILES string of the molecule is COc1ccc(C(Cc2ccc(NS(C)(=O)=O)cc2)C2SC(=O)NC2=O)c2c1NC(=O)CC2. The molecule has 0 radical (unpaired) electrons. The number of rotatable bonds is 7. The van der Waals surface area contributed by atoms with E-state index in [-0.39, 0.29) is 17.7 Å². The summed E-state index contributed by atoms with van der Waals surface area (Å²) in [7, 11) is -1.87. The minimum absolute atomic E-state index is 0.105. The first-order chi connectivity index (χ1) is 15.6. The molecule has 2 heterocycles. The Kier molecular flexibility index (Phi) is 6.35. The number of carbonyl (C=O) groups is 3. The number of fused-ring (bicyclic) bond motifs is 1. The van der Waals surface area contributed by atoms with Crippen molar-refractivity contribution in [3.8, 4) is 5.75 Å². The highest BCUT2D eigenvalue weighted by Crippen LogP contribution is 2.43. The molecule has 4 rings (SSSR count). The molecule has 3 amide bonds. The van der Waals surface area contributed by atoms with Crippen LogP contribution in [0.15, 0.2) is 36.4 Å². The standard InChI is InChI=1S/C22H23N3O6S2/c1-31-17-9-7-14(15-8-10-18(26)23-19(15)17)16(20-21(27)24-22(28)32-20)11-12-3-5-13(6-4-12)25-33(2,29)30/h3-7,9,16,20,25H,8,10-11H2,1-2H3,(H,23,26)(H,24,27,28). The van der Waals surface area contributed by atoms with Crippen LogP contribution in [-0.4, -0.2) is 44.1 Å². The molecular weight excluding hydrogens is 466 g/mol. The van der Waals surface area contributed by atoms with Crippen LogP contribution >= 0.6 is 11.8 Å². The molecular formula is C22H23N3O6S2. The van der Waals surface area contributed by atoms with Gasteiger partial charge in [0, 0.05) is 18.0 Å². The second kappa shape index (κ2) is 9.06. The number of hydrogen-bond acceptors (Lipinski definition) is 7. The quantitative estimate of drug-likeness (QED) is 0.545. The van der Waals surface area contributed by atoms with Crippen molar-refractivity contribution in [3.63, 3.8) is 0 Å². The summed E-state index contributed by atoms with van der Waals surface area (Å²) in [5.74, 6) is -0.275. The third-order valence-corrected chi connectivity index (χ3v) is 7.31. The Morgan fingerprint density at radius 3 is 2.42 bits per heavy atom. The predicted molar refractivity (Wildman–Crippen MR) is 126 cm³/mol. The Balaban J connectivity index is 1.73. The molecule has 9 nitrogen and oxygen atoms in total. The molecule has 0 spiro atoms. The van der Waals surface area contributed by atoms with Gasteiger partial charge in [-0.2, -0.15) is 0 Å². The maximum absolute atomic E-state index is 12.6. The summed E-state index contributed by atoms with van der Waals surface area (Å²) in [6.45, 7) is 0. The Morgan fingerprint density at radius 2 is 1.82 bits per heavy atom. The van der Waals surface area contributed by atoms with Gasteiger partial charge in [0.25, 0.3) is 5.24 Å². The van der Waals surface area contributed by atoms with Gasteiger partial charge in [-0.05, 0) is 47.7 Å². The maximum atomic E-state index is 12.6. The minimum Gasteiger partial charge on any atom is -0.495 e. The van der Waals surface area contributed by atoms with E-state index >= 15 is 0 Å². The summed E-state index contributed by atoms with van der Waals surface area (Å²) in [5.41, 5.74) is 3.66. The summed E-state index contributed by atoms with van der Waals surface area (Å²) < 4.78 is 30.8. The molecule has 1 fully saturated rings. The number of ether oxygens (including phenoxy) is 1. The number of methoxy groups -OCH3 is 1. The van der Waals surface area contributed by atoms with Gasteiger partial charge in [0.05, 0.1) is 19.1 Å². The first kappa shape index (κ1) is 23.1. The molecule has 174 valence electrons. The molecule has 33 heavy (non-hydrogen) atoms. The van der Waals surface area contributed by atoms with Crippen molar-refractivity contribution in [2.24, 2.45) is 0 Å². The second-order valence-electron chi connectivity index (χ2n) is 7.96. The monoisotopic (exact) mass is 489 g/mol. The van der Waals surface area contributed by atoms with Crippen molar-refractivity contribution in [3.05, 3.63) is 53.1 Å². The van der Waals surface area contributed by atoms with E-state index in [4.69, 9.17) is 4.74 Å². The van der Waals surface area contributed by atoms with Gasteiger partial charge in [0.2, 0.25) is 21.8 Å². The van der Waals surface area contributed by atoms with Crippen LogP contribution in [-0.2, 0) is 32.5 Å². The molecule has 11 heteroatoms. The van der Waals surface area contributed by atoms with E-state index in [9.17, 15) is 22.8 Å². The molecule has 2 aliphatic rings. The molecule has 2 aromatic rings. The smallest absolute Gasteiger partial charge is 0.286 e. The number of thioether (sulfide) groups is 1. The molecule has 2 unspecified atom stereocenters. The van der Waals surface area contributed by atoms with E-state index in [1.807, 2.05) is 6.07 Å². The summed E-state index contributed by atoms with van der Waals surface area (Å²) in [5, 5.41) is 4.21. The number of carbonyl (C=O) groups excluding carboxylic acids is 3. The number of benzene rings is 2. The van der Waals surface area contributed by atoms with Crippen LogP contribution in [0.4, 0.5) is 16.2 Å². The zero-order valence-corrected chi connectivity index (χ0v) is 19.6. The van der Waals surface area contributed by atoms with Crippen LogP contribution in [0.3, 0.4) is 0 Å². The van der Waals surface area contributed by atoms with E-state index in [0.29, 0.717) is 36.4 Å². The molecule has 0 aromatic heterocycles. The third-order valence-electron chi connectivity index (χ3n) is 5.59. The maximum Gasteiger partial charge on any atom is 0.286 e. The number of nitrogens with one attached hydrogen (secondary N) is 3. The molecule has 2 atom stereocenters. The van der Waals surface area contributed by atoms with Gasteiger partial charge < -0.3 is 10.1 Å². The zero-order valence-electron chi connectivity index (χ0n) is 18.0. The molecule has 0 bridgehead atoms. The van der Waals surface area contributed by atoms with Crippen LogP contribution in [0.2, 0.25) is 0 Å². The Labute approximate surface area is 195 Å². The Morgan fingerprint density at radius 1 is 1.09 bits per heavy atom. The zero-order chi connectivity index (χ0) is 23.8. The normalized spacial score (nSPS) is 18.8. The lowest BCUT2D eigenvalue weighted by Crippen LogP contribution is -2.31. The number of hydrogen-bond donors (Lipinski definition) is 3. The highest BCUT2D eigenvalue weighted by Gasteiger charge is 2.40. The average molecular weight is 490 g/mol. The van der Waals surface area contributed by atoms with Gasteiger partial charge in [-0.1, -0.05) is 30.0 Å². The van der Waals surface area contributed by atoms with E-state index in [2.05, 4.69) is 15.4 Å². The van der Waals surface area contributed by atoms with E-state index in [1.165, 1.54) is 7.11 Å². The lowest BCUT2D eigenvalue weighted by molar-refractivity contribution is -0.119. The first-order valence-electron chi connectivity index (χ1n) is 10.2. The first-order valence-corrected chi connectivity index (χ1v) is 13.0. The van der Waals surface area contributed by atoms with E-state index in [1.54, 1.807) is 30.3 Å². The summed E-state index contributed by atoms with van der Waals surface area (Å²) in [6, 6.07) is 10.5. The second-order valence-corrected chi connectivity index (χ2v) is 10.8. The summed E-state index contributed by atoms with van der Waals surface area (Å²) in [6.07, 6.45) is 2.32. The van der Waals surface area contributed by atoms with Crippen LogP contribution in [0.25, 0.3) is 0 Å². The molecule has 1 saturated heterocycles. The van der Waals surface area contributed by atoms with Gasteiger partial charge in [0.15, 0.2) is 0 Å². The van der Waals surface area contributed by atoms with Crippen LogP contribution in [0, 0.1) is 0 Å². The van der Waals surface area contributed by atoms with E-state index < -0.39 is 20.5 Å². The van der Waals surface area contributed by atoms with Crippen molar-refractivity contribution in [2.75, 3.05) is 23.4 Å². The highest BCUT2D eigenvalue weighted by atomic mass is 32.2. The van der Waals surface area contributed by atoms with Crippen LogP contribution < -0.4 is 20.1 Å². The van der Waals surface area contributed by atoms with Crippen molar-refractivity contribution in [1.82, 2.24) is 5.32 Å². The minimum atomic E-state index is -3.39. The number of amides is 3. The predicted octanol–water partition coefficient (Wildman–Crippen LogP) is 2.63. The number of anilines is 2. The van der Waals surface area contributed by atoms with Gasteiger partial charge in [-0.25, -0.2) is 8.42 Å². The lowest BCUT2D eigenvalue weighted by Gasteiger charge is -2.28. The van der Waals surface area contributed by atoms with Gasteiger partial charge in [-0.3, -0.25) is 24.4 Å². The highest BCUT2D eigenvalue weighted by molar-refractivity contribution is 8.15. The molecule has 0 saturated carbocycles. The van der Waals surface area contributed by atoms with Crippen molar-refractivity contribution < 1.29 is 27.5 Å². The Bertz CT molecular complexity index is 1230. The van der Waals surface area contributed by atoms with Gasteiger partial charge in [-0.15, -0.1) is 0 Å². The summed E-state index contributed by atoms with van der Waals surface area (Å²) >= 11 is 0.958. The van der Waals surface area contributed by atoms with Crippen LogP contribution in [0.5, 0.6) is 5.75 Å². The van der Waals surface area contributed by atoms with Crippen LogP contribution in [0.1, 0.15) is 29.0 Å². The molecule has 3 N–H and O–H groups in total. The van der Waals surface area contributed by atoms with E-state index in [0.717, 1.165) is 34.7 Å². The number of imide groups is 1. The fraction of sp³-hybridized carbons (Fsp3) is 0.318. The Hall–Kier alpha value is -3.05. The fourth-order valence-corrected chi connectivity index (χ4v) is 5.73. The lowest BCUT2D eigenvalue weighted by atomic mass is 9.83. The average Bonchev–Trinajstić information content (AvgIpc) is 3.09. The van der Waals surface area contributed by atoms with Crippen molar-refractivity contribution >= 4 is 50.2 Å². The molecule has 2 aromatic carbocycles. The van der Waals surface area contributed by atoms with Crippen molar-refractivity contribution in [2.45, 2.75) is 30.4 Å². The molecule has 0 aliphatic carbocycles. The summed E-state index contributed by atoms with van der Waals surface area (Å²) in [4.78, 5) is 36.6. The van der Waals surface area contributed by atoms with Gasteiger partial charge in [0.1, 0.15) is 11.0 Å². The number of sulfonamides is 1. The third kappa shape index (κ3) is 5.14. The molecule has 2 aliphatic heterocycles. The fourth-order valence-electron chi connectivity index (χ4n) is 4.20. The van der Waals surface area contributed by atoms with Crippen molar-refractivity contribution in [1.29, 1.82) is 0 Å². The van der Waals surface area contributed by atoms with Gasteiger partial charge >= 0.3 is 0 Å². The largest absolute Gasteiger partial charge is 0.495 e.